The fourth-order valence-electron chi connectivity index (χ4n) is 5.12. The Bertz CT molecular complexity index is 1230. The smallest absolute Gasteiger partial charge is 0.263 e. The Balaban J connectivity index is 1.26. The molecule has 5 N–H and O–H groups in total. The number of nitrogen functional groups attached to an aromatic ring is 1. The van der Waals surface area contributed by atoms with Crippen LogP contribution in [0.4, 0.5) is 11.5 Å². The molecule has 0 spiro atoms. The van der Waals surface area contributed by atoms with E-state index in [1.165, 1.54) is 16.9 Å². The predicted octanol–water partition coefficient (Wildman–Crippen LogP) is 2.67. The maximum atomic E-state index is 13.0. The molecule has 4 atom stereocenters. The van der Waals surface area contributed by atoms with Crippen molar-refractivity contribution in [2.24, 2.45) is 11.7 Å². The molecular weight excluding hydrogens is 448 g/mol. The molecule has 8 nitrogen and oxygen atoms in total. The second-order valence-electron chi connectivity index (χ2n) is 9.51. The van der Waals surface area contributed by atoms with Crippen molar-refractivity contribution in [2.45, 2.75) is 51.3 Å². The van der Waals surface area contributed by atoms with Gasteiger partial charge in [0, 0.05) is 55.0 Å². The number of pyridine rings is 2. The van der Waals surface area contributed by atoms with Crippen LogP contribution in [0.1, 0.15) is 40.0 Å². The van der Waals surface area contributed by atoms with Crippen molar-refractivity contribution in [1.82, 2.24) is 15.3 Å². The summed E-state index contributed by atoms with van der Waals surface area (Å²) >= 11 is 1.36. The molecule has 1 aliphatic carbocycles. The minimum Gasteiger partial charge on any atom is -0.397 e. The van der Waals surface area contributed by atoms with Crippen LogP contribution in [0.5, 0.6) is 0 Å². The topological polar surface area (TPSA) is 119 Å². The van der Waals surface area contributed by atoms with Gasteiger partial charge < -0.3 is 26.4 Å². The van der Waals surface area contributed by atoms with E-state index in [0.29, 0.717) is 16.5 Å². The van der Waals surface area contributed by atoms with Gasteiger partial charge in [0.25, 0.3) is 5.91 Å². The Morgan fingerprint density at radius 3 is 2.88 bits per heavy atom. The minimum atomic E-state index is -0.124. The molecule has 3 aromatic heterocycles. The van der Waals surface area contributed by atoms with Crippen molar-refractivity contribution in [3.63, 3.8) is 0 Å². The van der Waals surface area contributed by atoms with E-state index in [-0.39, 0.29) is 24.1 Å². The summed E-state index contributed by atoms with van der Waals surface area (Å²) in [6, 6.07) is 8.21. The van der Waals surface area contributed by atoms with Gasteiger partial charge >= 0.3 is 0 Å². The predicted molar refractivity (Wildman–Crippen MR) is 136 cm³/mol. The van der Waals surface area contributed by atoms with Crippen LogP contribution in [0.2, 0.25) is 0 Å². The largest absolute Gasteiger partial charge is 0.397 e. The Morgan fingerprint density at radius 1 is 1.26 bits per heavy atom. The van der Waals surface area contributed by atoms with Crippen molar-refractivity contribution in [3.8, 4) is 0 Å². The van der Waals surface area contributed by atoms with Crippen molar-refractivity contribution in [2.75, 3.05) is 30.8 Å². The average molecular weight is 481 g/mol. The molecule has 0 saturated carbocycles. The van der Waals surface area contributed by atoms with Crippen LogP contribution in [0.3, 0.4) is 0 Å². The zero-order valence-electron chi connectivity index (χ0n) is 19.9. The lowest BCUT2D eigenvalue weighted by Crippen LogP contribution is -2.39. The van der Waals surface area contributed by atoms with Gasteiger partial charge in [-0.15, -0.1) is 11.3 Å². The molecule has 3 aromatic rings. The number of ether oxygens (including phenoxy) is 1. The van der Waals surface area contributed by atoms with Crippen LogP contribution in [0, 0.1) is 12.8 Å². The molecule has 0 radical (unpaired) electrons. The molecule has 4 heterocycles. The van der Waals surface area contributed by atoms with Crippen molar-refractivity contribution in [1.29, 1.82) is 0 Å². The number of nitrogens with two attached hydrogens (primary N) is 2. The van der Waals surface area contributed by atoms with E-state index >= 15 is 0 Å². The van der Waals surface area contributed by atoms with E-state index in [1.54, 1.807) is 7.11 Å². The molecule has 1 aliphatic heterocycles. The van der Waals surface area contributed by atoms with Crippen LogP contribution in [0.25, 0.3) is 10.2 Å². The van der Waals surface area contributed by atoms with Gasteiger partial charge in [0.15, 0.2) is 0 Å². The number of methoxy groups -OCH3 is 1. The standard InChI is InChI=1S/C25H32N6O2S/c1-13-4-7-17-22(27)23(34-25(17)28-13)24(32)29-16-6-8-20-15(10-16)5-9-21(30-20)31-11-18(14(2)33-3)19(26)12-31/h4-5,7,9,14,16,18-19H,6,8,10-12,26-27H2,1-3H3,(H,29,32). The number of hydrogen-bond acceptors (Lipinski definition) is 8. The molecule has 2 aliphatic rings. The van der Waals surface area contributed by atoms with Gasteiger partial charge in [-0.05, 0) is 56.9 Å². The number of fused-ring (bicyclic) bond motifs is 2. The molecule has 34 heavy (non-hydrogen) atoms. The quantitative estimate of drug-likeness (QED) is 0.514. The highest BCUT2D eigenvalue weighted by molar-refractivity contribution is 7.21. The first-order valence-corrected chi connectivity index (χ1v) is 12.6. The Kier molecular flexibility index (Phi) is 6.18. The number of aryl methyl sites for hydroxylation is 2. The summed E-state index contributed by atoms with van der Waals surface area (Å²) in [4.78, 5) is 26.1. The summed E-state index contributed by atoms with van der Waals surface area (Å²) in [5.74, 6) is 1.15. The number of aromatic nitrogens is 2. The third-order valence-corrected chi connectivity index (χ3v) is 8.35. The molecule has 4 unspecified atom stereocenters. The SMILES string of the molecule is COC(C)C1CN(c2ccc3c(n2)CCC(NC(=O)c2sc4nc(C)ccc4c2N)C3)CC1N. The summed E-state index contributed by atoms with van der Waals surface area (Å²) < 4.78 is 5.51. The Hall–Kier alpha value is -2.75. The summed E-state index contributed by atoms with van der Waals surface area (Å²) in [6.07, 6.45) is 2.56. The van der Waals surface area contributed by atoms with Gasteiger partial charge in [-0.1, -0.05) is 6.07 Å². The number of amides is 1. The number of carbonyl (C=O) groups excluding carboxylic acids is 1. The zero-order chi connectivity index (χ0) is 24.0. The highest BCUT2D eigenvalue weighted by Gasteiger charge is 2.35. The normalized spacial score (nSPS) is 23.2. The number of thiophene rings is 1. The van der Waals surface area contributed by atoms with Crippen LogP contribution in [-0.4, -0.2) is 54.3 Å². The molecule has 0 bridgehead atoms. The number of hydrogen-bond donors (Lipinski definition) is 3. The first kappa shape index (κ1) is 23.0. The highest BCUT2D eigenvalue weighted by atomic mass is 32.1. The van der Waals surface area contributed by atoms with Gasteiger partial charge in [0.1, 0.15) is 15.5 Å². The number of rotatable bonds is 5. The maximum absolute atomic E-state index is 13.0. The maximum Gasteiger partial charge on any atom is 0.263 e. The molecule has 180 valence electrons. The Labute approximate surface area is 203 Å². The van der Waals surface area contributed by atoms with Crippen molar-refractivity contribution < 1.29 is 9.53 Å². The molecule has 1 fully saturated rings. The fourth-order valence-corrected chi connectivity index (χ4v) is 6.16. The summed E-state index contributed by atoms with van der Waals surface area (Å²) in [7, 11) is 1.74. The van der Waals surface area contributed by atoms with Gasteiger partial charge in [0.2, 0.25) is 0 Å². The van der Waals surface area contributed by atoms with Crippen LogP contribution < -0.4 is 21.7 Å². The van der Waals surface area contributed by atoms with E-state index in [1.807, 2.05) is 19.1 Å². The average Bonchev–Trinajstić information content (AvgIpc) is 3.37. The minimum absolute atomic E-state index is 0.0547. The van der Waals surface area contributed by atoms with Crippen molar-refractivity contribution >= 4 is 39.0 Å². The number of carbonyl (C=O) groups is 1. The lowest BCUT2D eigenvalue weighted by atomic mass is 9.91. The van der Waals surface area contributed by atoms with E-state index in [4.69, 9.17) is 21.2 Å². The zero-order valence-corrected chi connectivity index (χ0v) is 20.7. The Morgan fingerprint density at radius 2 is 2.09 bits per heavy atom. The first-order chi connectivity index (χ1) is 16.3. The second-order valence-corrected chi connectivity index (χ2v) is 10.5. The summed E-state index contributed by atoms with van der Waals surface area (Å²) in [5, 5.41) is 4.03. The molecule has 1 amide bonds. The first-order valence-electron chi connectivity index (χ1n) is 11.8. The third-order valence-electron chi connectivity index (χ3n) is 7.24. The molecule has 9 heteroatoms. The van der Waals surface area contributed by atoms with Crippen LogP contribution >= 0.6 is 11.3 Å². The lowest BCUT2D eigenvalue weighted by molar-refractivity contribution is 0.0692. The monoisotopic (exact) mass is 480 g/mol. The fraction of sp³-hybridized carbons (Fsp3) is 0.480. The second kappa shape index (κ2) is 9.13. The molecule has 5 rings (SSSR count). The van der Waals surface area contributed by atoms with E-state index in [2.05, 4.69) is 34.3 Å². The van der Waals surface area contributed by atoms with Crippen molar-refractivity contribution in [3.05, 3.63) is 46.1 Å². The van der Waals surface area contributed by atoms with Crippen LogP contribution in [-0.2, 0) is 17.6 Å². The molecule has 1 saturated heterocycles. The number of nitrogens with zero attached hydrogens (tertiary/aromatic N) is 3. The van der Waals surface area contributed by atoms with Gasteiger partial charge in [0.05, 0.1) is 11.8 Å². The third kappa shape index (κ3) is 4.23. The van der Waals surface area contributed by atoms with Gasteiger partial charge in [-0.3, -0.25) is 4.79 Å². The van der Waals surface area contributed by atoms with Gasteiger partial charge in [-0.2, -0.15) is 0 Å². The summed E-state index contributed by atoms with van der Waals surface area (Å²) in [5.41, 5.74) is 16.4. The number of anilines is 2. The van der Waals surface area contributed by atoms with E-state index < -0.39 is 0 Å². The lowest BCUT2D eigenvalue weighted by Gasteiger charge is -2.27. The highest BCUT2D eigenvalue weighted by Crippen LogP contribution is 2.33. The van der Waals surface area contributed by atoms with E-state index in [9.17, 15) is 4.79 Å². The van der Waals surface area contributed by atoms with Crippen LogP contribution in [0.15, 0.2) is 24.3 Å². The summed E-state index contributed by atoms with van der Waals surface area (Å²) in [6.45, 7) is 5.65. The van der Waals surface area contributed by atoms with Gasteiger partial charge in [-0.25, -0.2) is 9.97 Å². The van der Waals surface area contributed by atoms with E-state index in [0.717, 1.165) is 59.8 Å². The molecular formula is C25H32N6O2S. The molecule has 0 aromatic carbocycles. The number of nitrogens with one attached hydrogen (secondary N) is 1.